The normalized spacial score (nSPS) is 19.3. The first-order valence-corrected chi connectivity index (χ1v) is 5.00. The molecule has 0 aromatic carbocycles. The fourth-order valence-corrected chi connectivity index (χ4v) is 1.24. The minimum Gasteiger partial charge on any atom is -0.379 e. The maximum atomic E-state index is 5.34. The second kappa shape index (κ2) is 10.5. The second-order valence-electron chi connectivity index (χ2n) is 1.94. The van der Waals surface area contributed by atoms with Crippen molar-refractivity contribution in [2.45, 2.75) is 26.8 Å². The third-order valence-electron chi connectivity index (χ3n) is 0.820. The van der Waals surface area contributed by atoms with Crippen LogP contribution in [0.1, 0.15) is 20.8 Å². The van der Waals surface area contributed by atoms with Gasteiger partial charge in [0.05, 0.1) is 6.04 Å². The maximum absolute atomic E-state index is 5.34. The predicted octanol–water partition coefficient (Wildman–Crippen LogP) is 1.78. The Morgan fingerprint density at radius 3 is 2.17 bits per heavy atom. The summed E-state index contributed by atoms with van der Waals surface area (Å²) < 4.78 is 0. The van der Waals surface area contributed by atoms with Gasteiger partial charge in [0, 0.05) is 12.8 Å². The lowest BCUT2D eigenvalue weighted by atomic mass is 10.4. The topological polar surface area (TPSA) is 50.7 Å². The van der Waals surface area contributed by atoms with Gasteiger partial charge in [-0.2, -0.15) is 0 Å². The zero-order valence-electron chi connectivity index (χ0n) is 8.37. The van der Waals surface area contributed by atoms with Gasteiger partial charge in [0.2, 0.25) is 0 Å². The molecule has 0 aliphatic carbocycles. The van der Waals surface area contributed by atoms with Gasteiger partial charge < -0.3 is 10.7 Å². The van der Waals surface area contributed by atoms with E-state index in [-0.39, 0.29) is 0 Å². The molecule has 0 aromatic heterocycles. The molecule has 0 spiro atoms. The summed E-state index contributed by atoms with van der Waals surface area (Å²) in [5.41, 5.74) is 5.34. The quantitative estimate of drug-likeness (QED) is 0.590. The van der Waals surface area contributed by atoms with Crippen molar-refractivity contribution in [3.05, 3.63) is 0 Å². The van der Waals surface area contributed by atoms with Crippen molar-refractivity contribution in [2.75, 3.05) is 12.8 Å². The van der Waals surface area contributed by atoms with E-state index < -0.39 is 0 Å². The predicted molar refractivity (Wildman–Crippen MR) is 60.4 cm³/mol. The number of thioether (sulfide) groups is 1. The first-order chi connectivity index (χ1) is 5.70. The molecule has 1 atom stereocenters. The van der Waals surface area contributed by atoms with Crippen LogP contribution in [0.4, 0.5) is 0 Å². The summed E-state index contributed by atoms with van der Waals surface area (Å²) >= 11 is 1.63. The Kier molecular flexibility index (Phi) is 12.3. The molecule has 1 unspecified atom stereocenters. The summed E-state index contributed by atoms with van der Waals surface area (Å²) in [7, 11) is 1.64. The fraction of sp³-hybridized carbons (Fsp3) is 0.750. The van der Waals surface area contributed by atoms with Gasteiger partial charge in [0.25, 0.3) is 0 Å². The first-order valence-electron chi connectivity index (χ1n) is 4.01. The van der Waals surface area contributed by atoms with Crippen molar-refractivity contribution in [1.29, 1.82) is 0 Å². The van der Waals surface area contributed by atoms with E-state index >= 15 is 0 Å². The largest absolute Gasteiger partial charge is 0.379 e. The number of aliphatic imine (C=N–C) groups is 2. The molecule has 1 heterocycles. The minimum absolute atomic E-state index is 0.449. The molecule has 0 fully saturated rings. The molecule has 72 valence electrons. The molecule has 2 N–H and O–H groups in total. The van der Waals surface area contributed by atoms with E-state index in [2.05, 4.69) is 23.6 Å². The SMILES string of the molecule is C=NC.CC.CC1CSC(N)=N1. The van der Waals surface area contributed by atoms with Crippen molar-refractivity contribution in [2.24, 2.45) is 15.7 Å². The summed E-state index contributed by atoms with van der Waals surface area (Å²) in [4.78, 5) is 7.30. The molecule has 0 amide bonds. The number of hydrogen-bond acceptors (Lipinski definition) is 4. The molecule has 0 saturated heterocycles. The van der Waals surface area contributed by atoms with Crippen molar-refractivity contribution in [3.63, 3.8) is 0 Å². The van der Waals surface area contributed by atoms with Crippen LogP contribution in [0, 0.1) is 0 Å². The van der Waals surface area contributed by atoms with Crippen LogP contribution in [0.5, 0.6) is 0 Å². The fourth-order valence-electron chi connectivity index (χ4n) is 0.498. The molecule has 4 heteroatoms. The highest BCUT2D eigenvalue weighted by molar-refractivity contribution is 8.14. The third-order valence-corrected chi connectivity index (χ3v) is 1.87. The van der Waals surface area contributed by atoms with E-state index in [0.29, 0.717) is 6.04 Å². The molecule has 0 aromatic rings. The van der Waals surface area contributed by atoms with Gasteiger partial charge in [-0.15, -0.1) is 0 Å². The van der Waals surface area contributed by atoms with Crippen LogP contribution >= 0.6 is 11.8 Å². The van der Waals surface area contributed by atoms with Crippen LogP contribution in [-0.2, 0) is 0 Å². The highest BCUT2D eigenvalue weighted by atomic mass is 32.2. The second-order valence-corrected chi connectivity index (χ2v) is 2.98. The van der Waals surface area contributed by atoms with Crippen LogP contribution in [0.2, 0.25) is 0 Å². The molecule has 3 nitrogen and oxygen atoms in total. The number of hydrogen-bond donors (Lipinski definition) is 1. The zero-order chi connectivity index (χ0) is 9.98. The monoisotopic (exact) mass is 189 g/mol. The lowest BCUT2D eigenvalue weighted by Crippen LogP contribution is -2.01. The molecule has 1 aliphatic heterocycles. The van der Waals surface area contributed by atoms with E-state index in [0.717, 1.165) is 10.9 Å². The van der Waals surface area contributed by atoms with Gasteiger partial charge in [-0.05, 0) is 13.6 Å². The highest BCUT2D eigenvalue weighted by Gasteiger charge is 2.08. The van der Waals surface area contributed by atoms with Crippen LogP contribution in [0.15, 0.2) is 9.98 Å². The maximum Gasteiger partial charge on any atom is 0.154 e. The molecule has 1 aliphatic rings. The van der Waals surface area contributed by atoms with E-state index in [9.17, 15) is 0 Å². The molecular formula is C8H19N3S. The molecule has 0 radical (unpaired) electrons. The smallest absolute Gasteiger partial charge is 0.154 e. The Hall–Kier alpha value is -0.510. The number of rotatable bonds is 0. The van der Waals surface area contributed by atoms with Gasteiger partial charge in [-0.25, -0.2) is 0 Å². The molecule has 0 saturated carbocycles. The average Bonchev–Trinajstić information content (AvgIpc) is 2.40. The molecular weight excluding hydrogens is 170 g/mol. The highest BCUT2D eigenvalue weighted by Crippen LogP contribution is 2.12. The van der Waals surface area contributed by atoms with E-state index in [1.54, 1.807) is 18.8 Å². The van der Waals surface area contributed by atoms with Crippen LogP contribution in [-0.4, -0.2) is 30.7 Å². The molecule has 1 rings (SSSR count). The standard InChI is InChI=1S/C4H8N2S.C2H5N.C2H6/c1-3-2-7-4(5)6-3;1-3-2;1-2/h3H,2H2,1H3,(H2,5,6);1H2,2H3;1-2H3. The summed E-state index contributed by atoms with van der Waals surface area (Å²) in [6.07, 6.45) is 0. The summed E-state index contributed by atoms with van der Waals surface area (Å²) in [6.45, 7) is 9.17. The lowest BCUT2D eigenvalue weighted by Gasteiger charge is -1.86. The van der Waals surface area contributed by atoms with Crippen molar-refractivity contribution in [1.82, 2.24) is 0 Å². The summed E-state index contributed by atoms with van der Waals surface area (Å²) in [5.74, 6) is 1.06. The van der Waals surface area contributed by atoms with Gasteiger partial charge >= 0.3 is 0 Å². The van der Waals surface area contributed by atoms with Crippen LogP contribution in [0.3, 0.4) is 0 Å². The Bertz CT molecular complexity index is 134. The Morgan fingerprint density at radius 2 is 2.08 bits per heavy atom. The number of nitrogens with zero attached hydrogens (tertiary/aromatic N) is 2. The van der Waals surface area contributed by atoms with Gasteiger partial charge in [-0.1, -0.05) is 25.6 Å². The third kappa shape index (κ3) is 9.49. The van der Waals surface area contributed by atoms with Crippen molar-refractivity contribution < 1.29 is 0 Å². The Balaban J connectivity index is 0. The molecule has 12 heavy (non-hydrogen) atoms. The number of amidine groups is 1. The minimum atomic E-state index is 0.449. The number of nitrogens with two attached hydrogens (primary N) is 1. The lowest BCUT2D eigenvalue weighted by molar-refractivity contribution is 0.864. The summed E-state index contributed by atoms with van der Waals surface area (Å²) in [6, 6.07) is 0.449. The van der Waals surface area contributed by atoms with Gasteiger partial charge in [0.1, 0.15) is 0 Å². The first kappa shape index (κ1) is 14.0. The zero-order valence-corrected chi connectivity index (χ0v) is 9.19. The van der Waals surface area contributed by atoms with E-state index in [1.165, 1.54) is 0 Å². The van der Waals surface area contributed by atoms with Crippen LogP contribution < -0.4 is 5.73 Å². The van der Waals surface area contributed by atoms with Gasteiger partial charge in [0.15, 0.2) is 5.17 Å². The van der Waals surface area contributed by atoms with E-state index in [1.807, 2.05) is 13.8 Å². The van der Waals surface area contributed by atoms with Crippen molar-refractivity contribution in [3.8, 4) is 0 Å². The summed E-state index contributed by atoms with van der Waals surface area (Å²) in [5, 5.41) is 0.743. The van der Waals surface area contributed by atoms with E-state index in [4.69, 9.17) is 5.73 Å². The van der Waals surface area contributed by atoms with Crippen LogP contribution in [0.25, 0.3) is 0 Å². The Morgan fingerprint density at radius 1 is 1.67 bits per heavy atom. The molecule has 0 bridgehead atoms. The average molecular weight is 189 g/mol. The van der Waals surface area contributed by atoms with Crippen molar-refractivity contribution >= 4 is 23.6 Å². The van der Waals surface area contributed by atoms with Gasteiger partial charge in [-0.3, -0.25) is 4.99 Å². The Labute approximate surface area is 79.6 Å².